The molecule has 0 aliphatic carbocycles. The third-order valence-corrected chi connectivity index (χ3v) is 11.0. The highest BCUT2D eigenvalue weighted by atomic mass is 16.6. The van der Waals surface area contributed by atoms with Gasteiger partial charge >= 0.3 is 5.97 Å². The Morgan fingerprint density at radius 1 is 0.635 bits per heavy atom. The lowest BCUT2D eigenvalue weighted by atomic mass is 9.78. The number of rotatable bonds is 28. The summed E-state index contributed by atoms with van der Waals surface area (Å²) < 4.78 is 44.7. The Hall–Kier alpha value is -5.39. The Kier molecular flexibility index (Phi) is 19.5. The van der Waals surface area contributed by atoms with E-state index in [4.69, 9.17) is 37.9 Å². The van der Waals surface area contributed by atoms with Crippen LogP contribution < -0.4 is 19.5 Å². The number of phenols is 2. The lowest BCUT2D eigenvalue weighted by Gasteiger charge is -2.28. The summed E-state index contributed by atoms with van der Waals surface area (Å²) in [5.74, 6) is 0.556. The second-order valence-electron chi connectivity index (χ2n) is 15.2. The molecule has 344 valence electrons. The standard InChI is InChI=1S/C47H64N4O12/c1-10-46(6,11-2)41(54)31(4)62-35-17-19-37(39(52)29-35)43-49-42(33-13-15-34(56-9)16-14-33)50-44(51-43)38-20-18-36(30-40(38)53)63-32(5)45(55)60-27-25-58-23-21-57-22-24-59-26-28-61-47(7,12-3)48-8/h13-20,29-32,48,52-53H,10-12,21-28H2,1-9H3. The first-order valence-corrected chi connectivity index (χ1v) is 21.4. The number of ether oxygens (including phenoxy) is 8. The first kappa shape index (κ1) is 50.3. The zero-order chi connectivity index (χ0) is 46.0. The number of nitrogens with one attached hydrogen (secondary N) is 1. The van der Waals surface area contributed by atoms with Crippen molar-refractivity contribution in [3.8, 4) is 62.9 Å². The highest BCUT2D eigenvalue weighted by Crippen LogP contribution is 2.37. The van der Waals surface area contributed by atoms with Crippen LogP contribution in [0.5, 0.6) is 28.7 Å². The topological polar surface area (TPSA) is 199 Å². The van der Waals surface area contributed by atoms with Crippen LogP contribution in [0.25, 0.3) is 34.2 Å². The molecule has 3 unspecified atom stereocenters. The molecule has 0 radical (unpaired) electrons. The van der Waals surface area contributed by atoms with Crippen LogP contribution in [0.4, 0.5) is 0 Å². The summed E-state index contributed by atoms with van der Waals surface area (Å²) in [6, 6.07) is 16.2. The van der Waals surface area contributed by atoms with E-state index in [1.807, 2.05) is 34.7 Å². The first-order valence-electron chi connectivity index (χ1n) is 21.4. The Morgan fingerprint density at radius 2 is 1.10 bits per heavy atom. The molecular weight excluding hydrogens is 813 g/mol. The maximum Gasteiger partial charge on any atom is 0.347 e. The van der Waals surface area contributed by atoms with Crippen LogP contribution in [0.15, 0.2) is 60.7 Å². The molecule has 0 spiro atoms. The van der Waals surface area contributed by atoms with Crippen molar-refractivity contribution < 1.29 is 57.7 Å². The van der Waals surface area contributed by atoms with E-state index >= 15 is 0 Å². The predicted molar refractivity (Wildman–Crippen MR) is 237 cm³/mol. The third-order valence-electron chi connectivity index (χ3n) is 11.0. The van der Waals surface area contributed by atoms with Gasteiger partial charge in [0, 0.05) is 23.1 Å². The molecule has 1 aromatic heterocycles. The Labute approximate surface area is 370 Å². The van der Waals surface area contributed by atoms with Gasteiger partial charge in [0.2, 0.25) is 0 Å². The predicted octanol–water partition coefficient (Wildman–Crippen LogP) is 7.18. The van der Waals surface area contributed by atoms with Gasteiger partial charge in [0.15, 0.2) is 35.5 Å². The summed E-state index contributed by atoms with van der Waals surface area (Å²) in [4.78, 5) is 39.8. The first-order chi connectivity index (χ1) is 30.2. The van der Waals surface area contributed by atoms with Crippen molar-refractivity contribution in [3.05, 3.63) is 60.7 Å². The molecule has 0 amide bonds. The van der Waals surface area contributed by atoms with E-state index in [0.29, 0.717) is 69.5 Å². The summed E-state index contributed by atoms with van der Waals surface area (Å²) in [6.07, 6.45) is 0.467. The molecule has 1 heterocycles. The fraction of sp³-hybridized carbons (Fsp3) is 0.511. The summed E-state index contributed by atoms with van der Waals surface area (Å²) >= 11 is 0. The molecule has 3 N–H and O–H groups in total. The van der Waals surface area contributed by atoms with Gasteiger partial charge in [-0.15, -0.1) is 0 Å². The van der Waals surface area contributed by atoms with Crippen LogP contribution in [0.1, 0.15) is 67.7 Å². The lowest BCUT2D eigenvalue weighted by Crippen LogP contribution is -2.42. The van der Waals surface area contributed by atoms with E-state index in [1.54, 1.807) is 62.6 Å². The smallest absolute Gasteiger partial charge is 0.347 e. The molecule has 0 fully saturated rings. The Morgan fingerprint density at radius 3 is 1.56 bits per heavy atom. The molecule has 3 aromatic carbocycles. The number of carbonyl (C=O) groups is 2. The average molecular weight is 877 g/mol. The van der Waals surface area contributed by atoms with Crippen molar-refractivity contribution in [2.45, 2.75) is 85.7 Å². The molecule has 63 heavy (non-hydrogen) atoms. The van der Waals surface area contributed by atoms with Gasteiger partial charge in [-0.05, 0) is 95.6 Å². The number of phenolic OH excluding ortho intramolecular Hbond substituents is 2. The molecule has 16 heteroatoms. The molecule has 4 rings (SSSR count). The van der Waals surface area contributed by atoms with Crippen LogP contribution in [0, 0.1) is 5.41 Å². The number of hydrogen-bond donors (Lipinski definition) is 3. The SMILES string of the molecule is CCC(C)(NC)OCCOCCOCCOCCOC(=O)C(C)Oc1ccc(-c2nc(-c3ccc(OC)cc3)nc(-c3ccc(OC(C)C(=O)C(C)(CC)CC)cc3O)n2)c(O)c1. The number of aromatic nitrogens is 3. The molecule has 0 saturated heterocycles. The van der Waals surface area contributed by atoms with E-state index < -0.39 is 23.6 Å². The maximum atomic E-state index is 13.2. The van der Waals surface area contributed by atoms with Crippen molar-refractivity contribution in [2.75, 3.05) is 67.0 Å². The van der Waals surface area contributed by atoms with Crippen molar-refractivity contribution in [1.82, 2.24) is 20.3 Å². The second-order valence-corrected chi connectivity index (χ2v) is 15.2. The number of nitrogens with zero attached hydrogens (tertiary/aromatic N) is 3. The van der Waals surface area contributed by atoms with E-state index in [2.05, 4.69) is 27.2 Å². The summed E-state index contributed by atoms with van der Waals surface area (Å²) in [5, 5.41) is 25.6. The van der Waals surface area contributed by atoms with Crippen LogP contribution in [-0.4, -0.2) is 122 Å². The zero-order valence-corrected chi connectivity index (χ0v) is 38.0. The summed E-state index contributed by atoms with van der Waals surface area (Å²) in [5.41, 5.74) is 0.240. The number of ketones is 1. The third kappa shape index (κ3) is 14.6. The van der Waals surface area contributed by atoms with Gasteiger partial charge in [-0.3, -0.25) is 10.1 Å². The van der Waals surface area contributed by atoms with E-state index in [-0.39, 0.29) is 70.6 Å². The molecule has 4 aromatic rings. The van der Waals surface area contributed by atoms with Gasteiger partial charge in [0.05, 0.1) is 64.5 Å². The normalized spacial score (nSPS) is 13.5. The molecule has 0 aliphatic heterocycles. The average Bonchev–Trinajstić information content (AvgIpc) is 3.29. The van der Waals surface area contributed by atoms with E-state index in [0.717, 1.165) is 6.42 Å². The van der Waals surface area contributed by atoms with Crippen molar-refractivity contribution in [3.63, 3.8) is 0 Å². The molecule has 0 saturated carbocycles. The minimum Gasteiger partial charge on any atom is -0.507 e. The zero-order valence-electron chi connectivity index (χ0n) is 38.0. The van der Waals surface area contributed by atoms with Crippen molar-refractivity contribution >= 4 is 11.8 Å². The van der Waals surface area contributed by atoms with Crippen LogP contribution >= 0.6 is 0 Å². The monoisotopic (exact) mass is 876 g/mol. The van der Waals surface area contributed by atoms with Gasteiger partial charge in [0.1, 0.15) is 41.1 Å². The number of aromatic hydroxyl groups is 2. The molecular formula is C47H64N4O12. The Balaban J connectivity index is 1.35. The second kappa shape index (κ2) is 24.5. The molecule has 3 atom stereocenters. The number of methoxy groups -OCH3 is 1. The van der Waals surface area contributed by atoms with Crippen LogP contribution in [-0.2, 0) is 33.3 Å². The van der Waals surface area contributed by atoms with E-state index in [9.17, 15) is 19.8 Å². The van der Waals surface area contributed by atoms with E-state index in [1.165, 1.54) is 19.1 Å². The van der Waals surface area contributed by atoms with Crippen LogP contribution in [0.2, 0.25) is 0 Å². The molecule has 0 bridgehead atoms. The quantitative estimate of drug-likeness (QED) is 0.0294. The highest BCUT2D eigenvalue weighted by Gasteiger charge is 2.34. The number of Topliss-reactive ketones (excluding diaryl/α,β-unsaturated/α-hetero) is 1. The van der Waals surface area contributed by atoms with Gasteiger partial charge in [-0.25, -0.2) is 19.7 Å². The largest absolute Gasteiger partial charge is 0.507 e. The molecule has 16 nitrogen and oxygen atoms in total. The van der Waals surface area contributed by atoms with Gasteiger partial charge < -0.3 is 48.1 Å². The summed E-state index contributed by atoms with van der Waals surface area (Å²) in [7, 11) is 3.43. The minimum atomic E-state index is -0.998. The number of benzene rings is 3. The van der Waals surface area contributed by atoms with Gasteiger partial charge in [-0.1, -0.05) is 27.7 Å². The Bertz CT molecular complexity index is 2060. The molecule has 0 aliphatic rings. The number of hydrogen-bond acceptors (Lipinski definition) is 16. The number of carbonyl (C=O) groups excluding carboxylic acids is 2. The maximum absolute atomic E-state index is 13.2. The van der Waals surface area contributed by atoms with Gasteiger partial charge in [0.25, 0.3) is 0 Å². The fourth-order valence-electron chi connectivity index (χ4n) is 6.17. The van der Waals surface area contributed by atoms with Crippen LogP contribution in [0.3, 0.4) is 0 Å². The lowest BCUT2D eigenvalue weighted by molar-refractivity contribution is -0.152. The van der Waals surface area contributed by atoms with Gasteiger partial charge in [-0.2, -0.15) is 0 Å². The highest BCUT2D eigenvalue weighted by molar-refractivity contribution is 5.88. The number of esters is 1. The fourth-order valence-corrected chi connectivity index (χ4v) is 6.17. The summed E-state index contributed by atoms with van der Waals surface area (Å²) in [6.45, 7) is 15.8. The van der Waals surface area contributed by atoms with Crippen molar-refractivity contribution in [1.29, 1.82) is 0 Å². The minimum absolute atomic E-state index is 0.0167. The van der Waals surface area contributed by atoms with Crippen molar-refractivity contribution in [2.24, 2.45) is 5.41 Å².